The number of carbonyl (C=O) groups is 1. The maximum Gasteiger partial charge on any atom is 0.272 e. The first-order valence-corrected chi connectivity index (χ1v) is 7.34. The molecule has 0 unspecified atom stereocenters. The second-order valence-corrected chi connectivity index (χ2v) is 5.35. The van der Waals surface area contributed by atoms with Crippen molar-refractivity contribution in [2.45, 2.75) is 19.9 Å². The lowest BCUT2D eigenvalue weighted by Crippen LogP contribution is -2.40. The molecule has 6 nitrogen and oxygen atoms in total. The molecule has 0 aliphatic heterocycles. The van der Waals surface area contributed by atoms with E-state index in [4.69, 9.17) is 4.74 Å². The van der Waals surface area contributed by atoms with E-state index in [0.717, 1.165) is 18.2 Å². The number of ether oxygens (including phenoxy) is 1. The molecule has 0 heterocycles. The molecule has 0 bridgehead atoms. The lowest BCUT2D eigenvalue weighted by molar-refractivity contribution is -0.385. The third kappa shape index (κ3) is 4.07. The SMILES string of the molecule is CC(C)N(C(=O)COc1ccc([N+](=O)[O-])cc1F)c1ccccc1. The van der Waals surface area contributed by atoms with Crippen molar-refractivity contribution in [3.63, 3.8) is 0 Å². The summed E-state index contributed by atoms with van der Waals surface area (Å²) >= 11 is 0. The molecule has 0 saturated carbocycles. The van der Waals surface area contributed by atoms with E-state index in [1.165, 1.54) is 0 Å². The number of nitro groups is 1. The van der Waals surface area contributed by atoms with Crippen molar-refractivity contribution in [2.75, 3.05) is 11.5 Å². The molecule has 0 aromatic heterocycles. The molecule has 0 aliphatic rings. The van der Waals surface area contributed by atoms with Crippen LogP contribution in [0.5, 0.6) is 5.75 Å². The lowest BCUT2D eigenvalue weighted by Gasteiger charge is -2.26. The fourth-order valence-electron chi connectivity index (χ4n) is 2.25. The number of anilines is 1. The van der Waals surface area contributed by atoms with Crippen molar-refractivity contribution in [3.8, 4) is 5.75 Å². The van der Waals surface area contributed by atoms with Gasteiger partial charge in [-0.15, -0.1) is 0 Å². The van der Waals surface area contributed by atoms with Crippen LogP contribution in [0.4, 0.5) is 15.8 Å². The summed E-state index contributed by atoms with van der Waals surface area (Å²) in [5.41, 5.74) is 0.338. The Kier molecular flexibility index (Phi) is 5.47. The highest BCUT2D eigenvalue weighted by molar-refractivity contribution is 5.94. The van der Waals surface area contributed by atoms with Gasteiger partial charge in [0.25, 0.3) is 11.6 Å². The zero-order chi connectivity index (χ0) is 17.7. The largest absolute Gasteiger partial charge is 0.481 e. The van der Waals surface area contributed by atoms with Gasteiger partial charge in [0, 0.05) is 17.8 Å². The minimum atomic E-state index is -0.882. The van der Waals surface area contributed by atoms with Gasteiger partial charge >= 0.3 is 0 Å². The average molecular weight is 332 g/mol. The summed E-state index contributed by atoms with van der Waals surface area (Å²) in [5, 5.41) is 10.6. The summed E-state index contributed by atoms with van der Waals surface area (Å²) in [6.07, 6.45) is 0. The number of para-hydroxylation sites is 1. The van der Waals surface area contributed by atoms with Crippen LogP contribution in [-0.4, -0.2) is 23.5 Å². The third-order valence-electron chi connectivity index (χ3n) is 3.30. The molecule has 2 rings (SSSR count). The van der Waals surface area contributed by atoms with E-state index in [9.17, 15) is 19.3 Å². The monoisotopic (exact) mass is 332 g/mol. The number of rotatable bonds is 6. The van der Waals surface area contributed by atoms with Crippen molar-refractivity contribution in [3.05, 3.63) is 64.5 Å². The van der Waals surface area contributed by atoms with E-state index < -0.39 is 10.7 Å². The van der Waals surface area contributed by atoms with Crippen LogP contribution in [-0.2, 0) is 4.79 Å². The van der Waals surface area contributed by atoms with Crippen LogP contribution in [0.3, 0.4) is 0 Å². The summed E-state index contributed by atoms with van der Waals surface area (Å²) in [7, 11) is 0. The predicted octanol–water partition coefficient (Wildman–Crippen LogP) is 3.55. The standard InChI is InChI=1S/C17H17FN2O4/c1-12(2)19(13-6-4-3-5-7-13)17(21)11-24-16-9-8-14(20(22)23)10-15(16)18/h3-10,12H,11H2,1-2H3. The van der Waals surface area contributed by atoms with Crippen molar-refractivity contribution in [2.24, 2.45) is 0 Å². The normalized spacial score (nSPS) is 10.5. The number of nitro benzene ring substituents is 1. The lowest BCUT2D eigenvalue weighted by atomic mass is 10.2. The Balaban J connectivity index is 2.10. The second-order valence-electron chi connectivity index (χ2n) is 5.35. The molecular formula is C17H17FN2O4. The Morgan fingerprint density at radius 3 is 2.46 bits per heavy atom. The van der Waals surface area contributed by atoms with Gasteiger partial charge in [-0.05, 0) is 32.0 Å². The summed E-state index contributed by atoms with van der Waals surface area (Å²) < 4.78 is 19.0. The molecule has 0 saturated heterocycles. The van der Waals surface area contributed by atoms with E-state index >= 15 is 0 Å². The Morgan fingerprint density at radius 1 is 1.25 bits per heavy atom. The molecule has 24 heavy (non-hydrogen) atoms. The fraction of sp³-hybridized carbons (Fsp3) is 0.235. The number of carbonyl (C=O) groups excluding carboxylic acids is 1. The number of halogens is 1. The Labute approximate surface area is 138 Å². The van der Waals surface area contributed by atoms with E-state index in [1.807, 2.05) is 32.0 Å². The van der Waals surface area contributed by atoms with Crippen LogP contribution in [0.25, 0.3) is 0 Å². The zero-order valence-corrected chi connectivity index (χ0v) is 13.3. The minimum absolute atomic E-state index is 0.106. The van der Waals surface area contributed by atoms with Crippen molar-refractivity contribution in [1.29, 1.82) is 0 Å². The Hall–Kier alpha value is -2.96. The van der Waals surface area contributed by atoms with E-state index in [1.54, 1.807) is 17.0 Å². The summed E-state index contributed by atoms with van der Waals surface area (Å²) in [6.45, 7) is 3.34. The number of non-ortho nitro benzene ring substituents is 1. The molecule has 126 valence electrons. The van der Waals surface area contributed by atoms with Crippen molar-refractivity contribution in [1.82, 2.24) is 0 Å². The van der Waals surface area contributed by atoms with Gasteiger partial charge < -0.3 is 9.64 Å². The quantitative estimate of drug-likeness (QED) is 0.599. The Bertz CT molecular complexity index is 735. The van der Waals surface area contributed by atoms with Gasteiger partial charge in [-0.1, -0.05) is 18.2 Å². The van der Waals surface area contributed by atoms with E-state index in [0.29, 0.717) is 5.69 Å². The molecule has 0 N–H and O–H groups in total. The summed E-state index contributed by atoms with van der Waals surface area (Å²) in [6, 6.07) is 12.0. The van der Waals surface area contributed by atoms with Crippen molar-refractivity contribution < 1.29 is 18.8 Å². The molecule has 2 aromatic rings. The number of hydrogen-bond acceptors (Lipinski definition) is 4. The van der Waals surface area contributed by atoms with Crippen LogP contribution in [0, 0.1) is 15.9 Å². The summed E-state index contributed by atoms with van der Waals surface area (Å²) in [4.78, 5) is 23.8. The molecule has 0 spiro atoms. The second kappa shape index (κ2) is 7.54. The van der Waals surface area contributed by atoms with Crippen LogP contribution in [0.15, 0.2) is 48.5 Å². The fourth-order valence-corrected chi connectivity index (χ4v) is 2.25. The van der Waals surface area contributed by atoms with Gasteiger partial charge in [0.05, 0.1) is 11.0 Å². The maximum absolute atomic E-state index is 13.8. The molecule has 1 amide bonds. The highest BCUT2D eigenvalue weighted by Crippen LogP contribution is 2.23. The highest BCUT2D eigenvalue weighted by atomic mass is 19.1. The molecule has 0 aliphatic carbocycles. The van der Waals surface area contributed by atoms with Crippen LogP contribution >= 0.6 is 0 Å². The average Bonchev–Trinajstić information content (AvgIpc) is 2.54. The minimum Gasteiger partial charge on any atom is -0.481 e. The third-order valence-corrected chi connectivity index (χ3v) is 3.30. The predicted molar refractivity (Wildman–Crippen MR) is 87.6 cm³/mol. The highest BCUT2D eigenvalue weighted by Gasteiger charge is 2.20. The molecule has 0 atom stereocenters. The topological polar surface area (TPSA) is 72.7 Å². The molecule has 2 aromatic carbocycles. The zero-order valence-electron chi connectivity index (χ0n) is 13.3. The molecular weight excluding hydrogens is 315 g/mol. The molecule has 0 radical (unpaired) electrons. The van der Waals surface area contributed by atoms with Gasteiger partial charge in [-0.2, -0.15) is 0 Å². The van der Waals surface area contributed by atoms with Gasteiger partial charge in [0.15, 0.2) is 18.2 Å². The number of nitrogens with zero attached hydrogens (tertiary/aromatic N) is 2. The number of hydrogen-bond donors (Lipinski definition) is 0. The Morgan fingerprint density at radius 2 is 1.92 bits per heavy atom. The first kappa shape index (κ1) is 17.4. The van der Waals surface area contributed by atoms with E-state index in [-0.39, 0.29) is 30.0 Å². The number of benzene rings is 2. The molecule has 0 fully saturated rings. The van der Waals surface area contributed by atoms with Crippen LogP contribution < -0.4 is 9.64 Å². The molecule has 7 heteroatoms. The van der Waals surface area contributed by atoms with Crippen LogP contribution in [0.2, 0.25) is 0 Å². The first-order valence-electron chi connectivity index (χ1n) is 7.34. The van der Waals surface area contributed by atoms with Gasteiger partial charge in [0.2, 0.25) is 0 Å². The van der Waals surface area contributed by atoms with E-state index in [2.05, 4.69) is 0 Å². The van der Waals surface area contributed by atoms with Gasteiger partial charge in [-0.25, -0.2) is 4.39 Å². The summed E-state index contributed by atoms with van der Waals surface area (Å²) in [5.74, 6) is -1.42. The number of amides is 1. The van der Waals surface area contributed by atoms with Crippen LogP contribution in [0.1, 0.15) is 13.8 Å². The maximum atomic E-state index is 13.8. The van der Waals surface area contributed by atoms with Gasteiger partial charge in [-0.3, -0.25) is 14.9 Å². The first-order chi connectivity index (χ1) is 11.4. The van der Waals surface area contributed by atoms with Gasteiger partial charge in [0.1, 0.15) is 0 Å². The smallest absolute Gasteiger partial charge is 0.272 e. The van der Waals surface area contributed by atoms with Crippen molar-refractivity contribution >= 4 is 17.3 Å².